The van der Waals surface area contributed by atoms with Gasteiger partial charge in [-0.2, -0.15) is 0 Å². The van der Waals surface area contributed by atoms with Crippen molar-refractivity contribution in [3.05, 3.63) is 23.3 Å². The Bertz CT molecular complexity index is 295. The zero-order valence-electron chi connectivity index (χ0n) is 7.20. The van der Waals surface area contributed by atoms with Gasteiger partial charge < -0.3 is 15.9 Å². The van der Waals surface area contributed by atoms with Gasteiger partial charge in [0.05, 0.1) is 0 Å². The quantitative estimate of drug-likeness (QED) is 0.554. The number of benzene rings is 1. The van der Waals surface area contributed by atoms with Crippen molar-refractivity contribution in [2.75, 3.05) is 0 Å². The smallest absolute Gasteiger partial charge is 0.120 e. The fourth-order valence-electron chi connectivity index (χ4n) is 1.06. The molecule has 1 aromatic rings. The van der Waals surface area contributed by atoms with E-state index in [1.165, 1.54) is 12.1 Å². The number of aryl methyl sites for hydroxylation is 1. The van der Waals surface area contributed by atoms with Gasteiger partial charge in [-0.25, -0.2) is 0 Å². The SMILES string of the molecule is Cc1cc(O)c([C@@H](C)N)cc1O. The molecule has 1 rings (SSSR count). The molecule has 0 spiro atoms. The molecule has 0 aromatic heterocycles. The largest absolute Gasteiger partial charge is 0.508 e. The number of phenolic OH excluding ortho intramolecular Hbond substituents is 2. The summed E-state index contributed by atoms with van der Waals surface area (Å²) in [7, 11) is 0. The summed E-state index contributed by atoms with van der Waals surface area (Å²) in [6.45, 7) is 3.48. The van der Waals surface area contributed by atoms with Crippen LogP contribution in [0.3, 0.4) is 0 Å². The van der Waals surface area contributed by atoms with E-state index in [0.717, 1.165) is 0 Å². The van der Waals surface area contributed by atoms with Crippen LogP contribution in [0.4, 0.5) is 0 Å². The number of hydrogen-bond acceptors (Lipinski definition) is 3. The van der Waals surface area contributed by atoms with Gasteiger partial charge in [-0.05, 0) is 31.5 Å². The fraction of sp³-hybridized carbons (Fsp3) is 0.333. The van der Waals surface area contributed by atoms with E-state index < -0.39 is 0 Å². The lowest BCUT2D eigenvalue weighted by Gasteiger charge is -2.09. The van der Waals surface area contributed by atoms with Gasteiger partial charge in [-0.1, -0.05) is 0 Å². The Balaban J connectivity index is 3.23. The average molecular weight is 167 g/mol. The molecule has 0 aliphatic rings. The van der Waals surface area contributed by atoms with Gasteiger partial charge in [0.15, 0.2) is 0 Å². The minimum absolute atomic E-state index is 0.139. The third-order valence-electron chi connectivity index (χ3n) is 1.84. The van der Waals surface area contributed by atoms with Crippen molar-refractivity contribution in [2.24, 2.45) is 5.73 Å². The molecule has 0 radical (unpaired) electrons. The molecule has 0 unspecified atom stereocenters. The first-order valence-corrected chi connectivity index (χ1v) is 3.80. The van der Waals surface area contributed by atoms with Gasteiger partial charge in [0.25, 0.3) is 0 Å². The van der Waals surface area contributed by atoms with Crippen LogP contribution in [0.1, 0.15) is 24.1 Å². The first-order valence-electron chi connectivity index (χ1n) is 3.80. The topological polar surface area (TPSA) is 66.5 Å². The maximum Gasteiger partial charge on any atom is 0.120 e. The molecule has 0 amide bonds. The second-order valence-electron chi connectivity index (χ2n) is 2.99. The first kappa shape index (κ1) is 8.87. The van der Waals surface area contributed by atoms with Gasteiger partial charge in [-0.15, -0.1) is 0 Å². The van der Waals surface area contributed by atoms with E-state index >= 15 is 0 Å². The highest BCUT2D eigenvalue weighted by Crippen LogP contribution is 2.29. The lowest BCUT2D eigenvalue weighted by atomic mass is 10.0. The molecule has 3 nitrogen and oxygen atoms in total. The summed E-state index contributed by atoms with van der Waals surface area (Å²) < 4.78 is 0. The van der Waals surface area contributed by atoms with E-state index in [4.69, 9.17) is 5.73 Å². The Morgan fingerprint density at radius 2 is 1.83 bits per heavy atom. The molecule has 3 heteroatoms. The molecule has 1 atom stereocenters. The molecule has 4 N–H and O–H groups in total. The zero-order valence-corrected chi connectivity index (χ0v) is 7.20. The fourth-order valence-corrected chi connectivity index (χ4v) is 1.06. The maximum atomic E-state index is 9.40. The van der Waals surface area contributed by atoms with Crippen molar-refractivity contribution >= 4 is 0 Å². The minimum Gasteiger partial charge on any atom is -0.508 e. The first-order chi connectivity index (χ1) is 5.52. The molecule has 66 valence electrons. The molecule has 0 aliphatic carbocycles. The summed E-state index contributed by atoms with van der Waals surface area (Å²) in [6.07, 6.45) is 0. The highest BCUT2D eigenvalue weighted by Gasteiger charge is 2.08. The average Bonchev–Trinajstić information content (AvgIpc) is 1.96. The van der Waals surface area contributed by atoms with Crippen molar-refractivity contribution in [1.29, 1.82) is 0 Å². The van der Waals surface area contributed by atoms with Crippen LogP contribution in [0.2, 0.25) is 0 Å². The monoisotopic (exact) mass is 167 g/mol. The molecule has 1 aromatic carbocycles. The van der Waals surface area contributed by atoms with Crippen molar-refractivity contribution in [2.45, 2.75) is 19.9 Å². The van der Waals surface area contributed by atoms with Crippen LogP contribution in [0, 0.1) is 6.92 Å². The van der Waals surface area contributed by atoms with E-state index in [0.29, 0.717) is 11.1 Å². The summed E-state index contributed by atoms with van der Waals surface area (Å²) in [4.78, 5) is 0. The van der Waals surface area contributed by atoms with E-state index in [9.17, 15) is 10.2 Å². The molecule has 0 aliphatic heterocycles. The van der Waals surface area contributed by atoms with E-state index in [1.54, 1.807) is 13.8 Å². The second kappa shape index (κ2) is 3.03. The number of rotatable bonds is 1. The molecular weight excluding hydrogens is 154 g/mol. The summed E-state index contributed by atoms with van der Waals surface area (Å²) in [5.41, 5.74) is 6.78. The lowest BCUT2D eigenvalue weighted by Crippen LogP contribution is -2.05. The van der Waals surface area contributed by atoms with E-state index in [-0.39, 0.29) is 17.5 Å². The van der Waals surface area contributed by atoms with E-state index in [2.05, 4.69) is 0 Å². The van der Waals surface area contributed by atoms with Crippen LogP contribution < -0.4 is 5.73 Å². The standard InChI is InChI=1S/C9H13NO2/c1-5-3-9(12)7(6(2)10)4-8(5)11/h3-4,6,11-12H,10H2,1-2H3/t6-/m1/s1. The van der Waals surface area contributed by atoms with Crippen LogP contribution >= 0.6 is 0 Å². The molecule has 12 heavy (non-hydrogen) atoms. The third-order valence-corrected chi connectivity index (χ3v) is 1.84. The van der Waals surface area contributed by atoms with Crippen molar-refractivity contribution in [1.82, 2.24) is 0 Å². The zero-order chi connectivity index (χ0) is 9.30. The number of hydrogen-bond donors (Lipinski definition) is 3. The van der Waals surface area contributed by atoms with Gasteiger partial charge in [0.2, 0.25) is 0 Å². The van der Waals surface area contributed by atoms with Gasteiger partial charge >= 0.3 is 0 Å². The van der Waals surface area contributed by atoms with Crippen LogP contribution in [0.15, 0.2) is 12.1 Å². The Labute approximate surface area is 71.5 Å². The van der Waals surface area contributed by atoms with Crippen molar-refractivity contribution in [3.8, 4) is 11.5 Å². The number of aromatic hydroxyl groups is 2. The Kier molecular flexibility index (Phi) is 2.24. The van der Waals surface area contributed by atoms with Crippen molar-refractivity contribution in [3.63, 3.8) is 0 Å². The highest BCUT2D eigenvalue weighted by atomic mass is 16.3. The number of nitrogens with two attached hydrogens (primary N) is 1. The second-order valence-corrected chi connectivity index (χ2v) is 2.99. The Morgan fingerprint density at radius 3 is 2.33 bits per heavy atom. The number of phenols is 2. The normalized spacial score (nSPS) is 12.9. The van der Waals surface area contributed by atoms with Crippen LogP contribution in [0.5, 0.6) is 11.5 Å². The predicted octanol–water partition coefficient (Wildman–Crippen LogP) is 1.43. The van der Waals surface area contributed by atoms with Crippen LogP contribution in [0.25, 0.3) is 0 Å². The third kappa shape index (κ3) is 1.51. The van der Waals surface area contributed by atoms with Gasteiger partial charge in [-0.3, -0.25) is 0 Å². The molecule has 0 bridgehead atoms. The predicted molar refractivity (Wildman–Crippen MR) is 47.1 cm³/mol. The molecule has 0 heterocycles. The molecule has 0 saturated heterocycles. The maximum absolute atomic E-state index is 9.40. The summed E-state index contributed by atoms with van der Waals surface area (Å²) >= 11 is 0. The van der Waals surface area contributed by atoms with Gasteiger partial charge in [0.1, 0.15) is 11.5 Å². The summed E-state index contributed by atoms with van der Waals surface area (Å²) in [5, 5.41) is 18.7. The molecular formula is C9H13NO2. The van der Waals surface area contributed by atoms with Crippen LogP contribution in [-0.2, 0) is 0 Å². The summed E-state index contributed by atoms with van der Waals surface area (Å²) in [5.74, 6) is 0.306. The van der Waals surface area contributed by atoms with Gasteiger partial charge in [0, 0.05) is 11.6 Å². The lowest BCUT2D eigenvalue weighted by molar-refractivity contribution is 0.447. The summed E-state index contributed by atoms with van der Waals surface area (Å²) in [6, 6.07) is 2.74. The van der Waals surface area contributed by atoms with E-state index in [1.807, 2.05) is 0 Å². The highest BCUT2D eigenvalue weighted by molar-refractivity contribution is 5.45. The molecule has 0 saturated carbocycles. The van der Waals surface area contributed by atoms with Crippen LogP contribution in [-0.4, -0.2) is 10.2 Å². The minimum atomic E-state index is -0.267. The Hall–Kier alpha value is -1.22. The molecule has 0 fully saturated rings. The Morgan fingerprint density at radius 1 is 1.25 bits per heavy atom. The van der Waals surface area contributed by atoms with Crippen molar-refractivity contribution < 1.29 is 10.2 Å².